The van der Waals surface area contributed by atoms with Gasteiger partial charge in [-0.15, -0.1) is 0 Å². The molecule has 0 saturated carbocycles. The maximum Gasteiger partial charge on any atom is 0.220 e. The molecule has 1 amide bonds. The van der Waals surface area contributed by atoms with E-state index >= 15 is 0 Å². The summed E-state index contributed by atoms with van der Waals surface area (Å²) < 4.78 is 22.7. The average molecular weight is 1030 g/mol. The highest BCUT2D eigenvalue weighted by Gasteiger charge is 2.51. The van der Waals surface area contributed by atoms with Crippen LogP contribution in [0.2, 0.25) is 0 Å². The Labute approximate surface area is 440 Å². The van der Waals surface area contributed by atoms with Gasteiger partial charge in [0.1, 0.15) is 48.8 Å². The zero-order valence-electron chi connectivity index (χ0n) is 44.8. The summed E-state index contributed by atoms with van der Waals surface area (Å²) in [6.07, 6.45) is 41.9. The highest BCUT2D eigenvalue weighted by Crippen LogP contribution is 2.30. The van der Waals surface area contributed by atoms with Gasteiger partial charge in [-0.25, -0.2) is 0 Å². The number of rotatable bonds is 43. The second kappa shape index (κ2) is 44.3. The van der Waals surface area contributed by atoms with Crippen LogP contribution in [0.5, 0.6) is 0 Å². The number of hydrogen-bond acceptors (Lipinski definition) is 13. The van der Waals surface area contributed by atoms with E-state index in [1.165, 1.54) is 89.9 Å². The first-order valence-corrected chi connectivity index (χ1v) is 28.3. The topological polar surface area (TPSA) is 228 Å². The van der Waals surface area contributed by atoms with E-state index in [-0.39, 0.29) is 18.9 Å². The van der Waals surface area contributed by atoms with Crippen LogP contribution in [0, 0.1) is 0 Å². The van der Waals surface area contributed by atoms with E-state index in [4.69, 9.17) is 18.9 Å². The molecule has 14 nitrogen and oxygen atoms in total. The van der Waals surface area contributed by atoms with Crippen molar-refractivity contribution in [2.45, 2.75) is 261 Å². The molecule has 2 aliphatic rings. The molecule has 2 fully saturated rings. The van der Waals surface area contributed by atoms with Gasteiger partial charge in [-0.3, -0.25) is 4.79 Å². The highest BCUT2D eigenvalue weighted by molar-refractivity contribution is 5.76. The van der Waals surface area contributed by atoms with Crippen molar-refractivity contribution in [1.29, 1.82) is 0 Å². The molecular weight excluding hydrogens is 931 g/mol. The number of aliphatic hydroxyl groups excluding tert-OH is 8. The van der Waals surface area contributed by atoms with Gasteiger partial charge in [0.05, 0.1) is 32.0 Å². The first-order valence-electron chi connectivity index (χ1n) is 28.3. The summed E-state index contributed by atoms with van der Waals surface area (Å²) in [6, 6.07) is -0.954. The minimum absolute atomic E-state index is 0.230. The number of hydrogen-bond donors (Lipinski definition) is 9. The molecule has 9 N–H and O–H groups in total. The monoisotopic (exact) mass is 1030 g/mol. The van der Waals surface area contributed by atoms with E-state index in [0.29, 0.717) is 12.8 Å². The molecule has 0 radical (unpaired) electrons. The maximum absolute atomic E-state index is 13.2. The molecule has 0 spiro atoms. The third-order valence-electron chi connectivity index (χ3n) is 13.3. The number of nitrogens with one attached hydrogen (secondary N) is 1. The van der Waals surface area contributed by atoms with Gasteiger partial charge >= 0.3 is 0 Å². The Kier molecular flexibility index (Phi) is 40.2. The van der Waals surface area contributed by atoms with E-state index in [2.05, 4.69) is 92.1 Å². The number of amides is 1. The normalized spacial score (nSPS) is 26.1. The van der Waals surface area contributed by atoms with Crippen molar-refractivity contribution in [2.24, 2.45) is 0 Å². The molecule has 0 bridgehead atoms. The minimum Gasteiger partial charge on any atom is -0.394 e. The Morgan fingerprint density at radius 1 is 0.507 bits per heavy atom. The van der Waals surface area contributed by atoms with Crippen molar-refractivity contribution in [1.82, 2.24) is 5.32 Å². The average Bonchev–Trinajstić information content (AvgIpc) is 3.39. The second-order valence-corrected chi connectivity index (χ2v) is 19.7. The third-order valence-corrected chi connectivity index (χ3v) is 13.3. The predicted octanol–water partition coefficient (Wildman–Crippen LogP) is 8.94. The zero-order valence-corrected chi connectivity index (χ0v) is 44.8. The number of carbonyl (C=O) groups excluding carboxylic acids is 1. The largest absolute Gasteiger partial charge is 0.394 e. The minimum atomic E-state index is -1.80. The van der Waals surface area contributed by atoms with Crippen LogP contribution in [-0.2, 0) is 23.7 Å². The van der Waals surface area contributed by atoms with Gasteiger partial charge in [0.2, 0.25) is 5.91 Å². The lowest BCUT2D eigenvalue weighted by atomic mass is 9.97. The standard InChI is InChI=1S/C59H101NO13/c1-3-5-7-9-11-13-15-17-19-21-23-25-26-28-30-32-34-36-38-40-42-48(63)47(60-51(64)43-41-39-37-35-33-31-29-27-24-22-20-18-16-14-12-10-8-6-4-2)46-70-58-56(69)54(67)57(50(45-62)72-58)73-59-55(68)53(66)52(65)49(44-61)71-59/h6,8,12,14,18,20,24,27,31-34,40,42,47-50,52-59,61-63,65-69H,3-5,7,9-11,13,15-17,19,21-23,25-26,28-30,35-39,41,43-46H2,1-2H3,(H,60,64)/b8-6-,14-12-,20-18-,27-24-,33-31-,34-32+,42-40+. The van der Waals surface area contributed by atoms with Gasteiger partial charge in [0.25, 0.3) is 0 Å². The van der Waals surface area contributed by atoms with Crippen LogP contribution < -0.4 is 5.32 Å². The smallest absolute Gasteiger partial charge is 0.220 e. The van der Waals surface area contributed by atoms with E-state index in [1.54, 1.807) is 6.08 Å². The Bertz CT molecular complexity index is 1550. The quantitative estimate of drug-likeness (QED) is 0.0206. The third kappa shape index (κ3) is 30.5. The van der Waals surface area contributed by atoms with Crippen LogP contribution in [-0.4, -0.2) is 140 Å². The second-order valence-electron chi connectivity index (χ2n) is 19.7. The van der Waals surface area contributed by atoms with Gasteiger partial charge in [0, 0.05) is 6.42 Å². The van der Waals surface area contributed by atoms with Crippen LogP contribution in [0.4, 0.5) is 0 Å². The summed E-state index contributed by atoms with van der Waals surface area (Å²) >= 11 is 0. The molecule has 0 aromatic rings. The molecule has 0 aromatic carbocycles. The molecule has 2 aliphatic heterocycles. The molecule has 420 valence electrons. The van der Waals surface area contributed by atoms with Crippen LogP contribution in [0.15, 0.2) is 85.1 Å². The maximum atomic E-state index is 13.2. The van der Waals surface area contributed by atoms with E-state index in [9.17, 15) is 45.6 Å². The fraction of sp³-hybridized carbons (Fsp3) is 0.746. The molecule has 0 aromatic heterocycles. The number of unbranched alkanes of at least 4 members (excludes halogenated alkanes) is 18. The van der Waals surface area contributed by atoms with Crippen molar-refractivity contribution in [3.63, 3.8) is 0 Å². The van der Waals surface area contributed by atoms with Gasteiger partial charge in [0.15, 0.2) is 12.6 Å². The van der Waals surface area contributed by atoms with Crippen molar-refractivity contribution in [2.75, 3.05) is 19.8 Å². The molecule has 12 atom stereocenters. The number of allylic oxidation sites excluding steroid dienone is 13. The number of aliphatic hydroxyl groups is 8. The Hall–Kier alpha value is -2.83. The SMILES string of the molecule is CC/C=C\C/C=C\C/C=C\C/C=C\C/C=C\CCCCCC(=O)NC(COC1OC(CO)C(OC2OC(CO)C(O)C(O)C2O)C(O)C1O)C(O)/C=C/CC/C=C/CCCCCCCCCCCCCCCC. The van der Waals surface area contributed by atoms with Gasteiger partial charge in [-0.2, -0.15) is 0 Å². The predicted molar refractivity (Wildman–Crippen MR) is 290 cm³/mol. The van der Waals surface area contributed by atoms with Crippen LogP contribution in [0.1, 0.15) is 187 Å². The summed E-state index contributed by atoms with van der Waals surface area (Å²) in [4.78, 5) is 13.2. The van der Waals surface area contributed by atoms with E-state index in [0.717, 1.165) is 64.2 Å². The van der Waals surface area contributed by atoms with Gasteiger partial charge in [-0.1, -0.05) is 189 Å². The molecule has 14 heteroatoms. The molecule has 2 saturated heterocycles. The Morgan fingerprint density at radius 3 is 1.51 bits per heavy atom. The Morgan fingerprint density at radius 2 is 0.959 bits per heavy atom. The van der Waals surface area contributed by atoms with Crippen LogP contribution in [0.25, 0.3) is 0 Å². The van der Waals surface area contributed by atoms with Crippen molar-refractivity contribution in [3.8, 4) is 0 Å². The fourth-order valence-corrected chi connectivity index (χ4v) is 8.74. The highest BCUT2D eigenvalue weighted by atomic mass is 16.7. The molecular formula is C59H101NO13. The summed E-state index contributed by atoms with van der Waals surface area (Å²) in [7, 11) is 0. The zero-order chi connectivity index (χ0) is 53.2. The van der Waals surface area contributed by atoms with E-state index in [1.807, 2.05) is 6.08 Å². The Balaban J connectivity index is 1.84. The van der Waals surface area contributed by atoms with Crippen molar-refractivity contribution < 1.29 is 64.6 Å². The van der Waals surface area contributed by atoms with Crippen molar-refractivity contribution >= 4 is 5.91 Å². The summed E-state index contributed by atoms with van der Waals surface area (Å²) in [5, 5.41) is 86.9. The number of ether oxygens (including phenoxy) is 4. The summed E-state index contributed by atoms with van der Waals surface area (Å²) in [5.41, 5.74) is 0. The summed E-state index contributed by atoms with van der Waals surface area (Å²) in [5.74, 6) is -0.284. The molecule has 12 unspecified atom stereocenters. The first-order chi connectivity index (χ1) is 35.6. The molecule has 73 heavy (non-hydrogen) atoms. The first kappa shape index (κ1) is 66.3. The summed E-state index contributed by atoms with van der Waals surface area (Å²) in [6.45, 7) is 2.63. The van der Waals surface area contributed by atoms with Gasteiger partial charge in [-0.05, 0) is 77.0 Å². The fourth-order valence-electron chi connectivity index (χ4n) is 8.74. The van der Waals surface area contributed by atoms with Gasteiger partial charge < -0.3 is 65.1 Å². The van der Waals surface area contributed by atoms with E-state index < -0.39 is 86.8 Å². The lowest BCUT2D eigenvalue weighted by Gasteiger charge is -2.46. The lowest BCUT2D eigenvalue weighted by molar-refractivity contribution is -0.359. The molecule has 0 aliphatic carbocycles. The lowest BCUT2D eigenvalue weighted by Crippen LogP contribution is -2.65. The molecule has 2 heterocycles. The van der Waals surface area contributed by atoms with Crippen molar-refractivity contribution in [3.05, 3.63) is 85.1 Å². The molecule has 2 rings (SSSR count). The van der Waals surface area contributed by atoms with Crippen LogP contribution in [0.3, 0.4) is 0 Å². The van der Waals surface area contributed by atoms with Crippen LogP contribution >= 0.6 is 0 Å². The number of carbonyl (C=O) groups is 1.